The number of phenolic OH excluding ortho intramolecular Hbond substituents is 1. The van der Waals surface area contributed by atoms with Gasteiger partial charge in [0, 0.05) is 12.0 Å². The molecule has 0 saturated heterocycles. The van der Waals surface area contributed by atoms with Gasteiger partial charge in [-0.25, -0.2) is 10.5 Å². The lowest BCUT2D eigenvalue weighted by Gasteiger charge is -2.25. The van der Waals surface area contributed by atoms with Crippen LogP contribution in [0.2, 0.25) is 0 Å². The van der Waals surface area contributed by atoms with Crippen LogP contribution in [-0.2, 0) is 0 Å². The van der Waals surface area contributed by atoms with Gasteiger partial charge in [0.2, 0.25) is 0 Å². The third-order valence-corrected chi connectivity index (χ3v) is 5.14. The van der Waals surface area contributed by atoms with Crippen LogP contribution in [0, 0.1) is 5.53 Å². The Morgan fingerprint density at radius 3 is 2.62 bits per heavy atom. The molecule has 2 heterocycles. The fourth-order valence-electron chi connectivity index (χ4n) is 3.11. The van der Waals surface area contributed by atoms with E-state index in [2.05, 4.69) is 15.2 Å². The van der Waals surface area contributed by atoms with E-state index in [1.165, 1.54) is 0 Å². The first-order valence-electron chi connectivity index (χ1n) is 8.03. The Kier molecular flexibility index (Phi) is 4.26. The molecular weight excluding hydrogens is 350 g/mol. The van der Waals surface area contributed by atoms with Crippen molar-refractivity contribution < 1.29 is 9.90 Å². The second kappa shape index (κ2) is 6.72. The van der Waals surface area contributed by atoms with Crippen LogP contribution in [0.15, 0.2) is 69.8 Å². The Morgan fingerprint density at radius 2 is 1.88 bits per heavy atom. The zero-order chi connectivity index (χ0) is 18.1. The molecule has 0 bridgehead atoms. The van der Waals surface area contributed by atoms with Crippen LogP contribution in [0.5, 0.6) is 5.75 Å². The Balaban J connectivity index is 1.79. The number of thioether (sulfide) groups is 1. The number of amides is 1. The Hall–Kier alpha value is -3.00. The maximum absolute atomic E-state index is 11.7. The minimum absolute atomic E-state index is 0.156. The number of nitrogens with one attached hydrogen (secondary N) is 1. The van der Waals surface area contributed by atoms with Gasteiger partial charge in [0.05, 0.1) is 11.8 Å². The number of carbonyl (C=O) groups excluding carboxylic acids is 1. The van der Waals surface area contributed by atoms with E-state index in [4.69, 9.17) is 5.53 Å². The van der Waals surface area contributed by atoms with Crippen LogP contribution < -0.4 is 0 Å². The van der Waals surface area contributed by atoms with Gasteiger partial charge in [0.1, 0.15) is 5.75 Å². The molecule has 0 unspecified atom stereocenters. The van der Waals surface area contributed by atoms with Gasteiger partial charge >= 0.3 is 5.24 Å². The molecule has 7 nitrogen and oxygen atoms in total. The molecule has 0 fully saturated rings. The Morgan fingerprint density at radius 1 is 1.15 bits per heavy atom. The molecule has 2 aromatic rings. The second-order valence-electron chi connectivity index (χ2n) is 5.87. The van der Waals surface area contributed by atoms with Crippen molar-refractivity contribution in [2.24, 2.45) is 15.2 Å². The van der Waals surface area contributed by atoms with Crippen LogP contribution in [-0.4, -0.2) is 32.3 Å². The Bertz CT molecular complexity index is 928. The summed E-state index contributed by atoms with van der Waals surface area (Å²) in [6.45, 7) is 0. The normalized spacial score (nSPS) is 22.3. The molecule has 0 aromatic heterocycles. The molecule has 8 heteroatoms. The first kappa shape index (κ1) is 16.5. The lowest BCUT2D eigenvalue weighted by Crippen LogP contribution is -2.31. The summed E-state index contributed by atoms with van der Waals surface area (Å²) >= 11 is 0.889. The van der Waals surface area contributed by atoms with Gasteiger partial charge < -0.3 is 5.11 Å². The maximum Gasteiger partial charge on any atom is 0.309 e. The van der Waals surface area contributed by atoms with Gasteiger partial charge in [-0.1, -0.05) is 48.5 Å². The number of nitrogens with zero attached hydrogens (tertiary/aromatic N) is 4. The number of para-hydroxylation sites is 1. The van der Waals surface area contributed by atoms with E-state index in [0.29, 0.717) is 17.8 Å². The van der Waals surface area contributed by atoms with Crippen LogP contribution in [0.25, 0.3) is 0 Å². The number of hydrogen-bond acceptors (Lipinski definition) is 7. The zero-order valence-electron chi connectivity index (χ0n) is 13.6. The topological polar surface area (TPSA) is 101 Å². The average Bonchev–Trinajstić information content (AvgIpc) is 3.26. The number of hydrazone groups is 1. The summed E-state index contributed by atoms with van der Waals surface area (Å²) in [4.78, 5) is 15.8. The van der Waals surface area contributed by atoms with Crippen LogP contribution >= 0.6 is 11.8 Å². The maximum atomic E-state index is 11.7. The first-order valence-corrected chi connectivity index (χ1v) is 8.91. The SMILES string of the molecule is N=N[C@@H]1SC(=O)N=C1N1N=C(c2ccccc2)C[C@@H]1c1ccccc1O. The molecule has 4 rings (SSSR count). The van der Waals surface area contributed by atoms with Crippen molar-refractivity contribution in [2.75, 3.05) is 0 Å². The van der Waals surface area contributed by atoms with Crippen molar-refractivity contribution in [3.63, 3.8) is 0 Å². The number of phenols is 1. The predicted molar refractivity (Wildman–Crippen MR) is 99.6 cm³/mol. The molecule has 0 radical (unpaired) electrons. The van der Waals surface area contributed by atoms with E-state index >= 15 is 0 Å². The Labute approximate surface area is 154 Å². The van der Waals surface area contributed by atoms with Crippen LogP contribution in [0.3, 0.4) is 0 Å². The highest BCUT2D eigenvalue weighted by atomic mass is 32.2. The van der Waals surface area contributed by atoms with Gasteiger partial charge in [-0.2, -0.15) is 15.2 Å². The van der Waals surface area contributed by atoms with Crippen molar-refractivity contribution in [2.45, 2.75) is 17.8 Å². The second-order valence-corrected chi connectivity index (χ2v) is 6.90. The summed E-state index contributed by atoms with van der Waals surface area (Å²) < 4.78 is 0. The number of hydrogen-bond donors (Lipinski definition) is 2. The molecule has 2 aliphatic rings. The first-order chi connectivity index (χ1) is 12.7. The van der Waals surface area contributed by atoms with Gasteiger partial charge in [-0.3, -0.25) is 4.79 Å². The highest BCUT2D eigenvalue weighted by molar-refractivity contribution is 8.15. The summed E-state index contributed by atoms with van der Waals surface area (Å²) in [5.41, 5.74) is 9.84. The van der Waals surface area contributed by atoms with E-state index < -0.39 is 5.37 Å². The number of aromatic hydroxyl groups is 1. The van der Waals surface area contributed by atoms with Gasteiger partial charge in [-0.15, -0.1) is 0 Å². The molecule has 26 heavy (non-hydrogen) atoms. The molecule has 2 atom stereocenters. The molecule has 0 aliphatic carbocycles. The van der Waals surface area contributed by atoms with Crippen molar-refractivity contribution >= 4 is 28.5 Å². The fraction of sp³-hybridized carbons (Fsp3) is 0.167. The van der Waals surface area contributed by atoms with Crippen LogP contribution in [0.4, 0.5) is 4.79 Å². The number of aliphatic imine (C=N–C) groups is 1. The lowest BCUT2D eigenvalue weighted by atomic mass is 9.97. The summed E-state index contributed by atoms with van der Waals surface area (Å²) in [5, 5.41) is 19.0. The van der Waals surface area contributed by atoms with Gasteiger partial charge in [0.15, 0.2) is 11.2 Å². The molecule has 130 valence electrons. The minimum Gasteiger partial charge on any atom is -0.508 e. The summed E-state index contributed by atoms with van der Waals surface area (Å²) in [6.07, 6.45) is 0.546. The van der Waals surface area contributed by atoms with Crippen molar-refractivity contribution in [3.05, 3.63) is 65.7 Å². The summed E-state index contributed by atoms with van der Waals surface area (Å²) in [7, 11) is 0. The third-order valence-electron chi connectivity index (χ3n) is 4.30. The molecule has 2 N–H and O–H groups in total. The third kappa shape index (κ3) is 2.88. The zero-order valence-corrected chi connectivity index (χ0v) is 14.4. The van der Waals surface area contributed by atoms with Gasteiger partial charge in [-0.05, 0) is 23.4 Å². The van der Waals surface area contributed by atoms with E-state index in [1.54, 1.807) is 17.1 Å². The molecule has 0 saturated carbocycles. The molecular formula is C18H15N5O2S. The summed E-state index contributed by atoms with van der Waals surface area (Å²) in [5.74, 6) is 0.484. The molecule has 0 spiro atoms. The monoisotopic (exact) mass is 365 g/mol. The number of rotatable bonds is 3. The number of carbonyl (C=O) groups is 1. The van der Waals surface area contributed by atoms with Crippen LogP contribution in [0.1, 0.15) is 23.6 Å². The van der Waals surface area contributed by atoms with Gasteiger partial charge in [0.25, 0.3) is 0 Å². The summed E-state index contributed by atoms with van der Waals surface area (Å²) in [6, 6.07) is 16.5. The minimum atomic E-state index is -0.713. The van der Waals surface area contributed by atoms with Crippen molar-refractivity contribution in [1.29, 1.82) is 5.53 Å². The largest absolute Gasteiger partial charge is 0.508 e. The number of benzene rings is 2. The predicted octanol–water partition coefficient (Wildman–Crippen LogP) is 4.17. The highest BCUT2D eigenvalue weighted by Crippen LogP contribution is 2.40. The fourth-order valence-corrected chi connectivity index (χ4v) is 3.77. The molecule has 1 amide bonds. The van der Waals surface area contributed by atoms with Crippen molar-refractivity contribution in [3.8, 4) is 5.75 Å². The smallest absolute Gasteiger partial charge is 0.309 e. The molecule has 2 aliphatic heterocycles. The molecule has 2 aromatic carbocycles. The quantitative estimate of drug-likeness (QED) is 0.797. The lowest BCUT2D eigenvalue weighted by molar-refractivity contribution is 0.267. The van der Waals surface area contributed by atoms with Crippen molar-refractivity contribution in [1.82, 2.24) is 5.01 Å². The van der Waals surface area contributed by atoms with E-state index in [0.717, 1.165) is 23.0 Å². The van der Waals surface area contributed by atoms with E-state index in [-0.39, 0.29) is 17.0 Å². The van der Waals surface area contributed by atoms with E-state index in [9.17, 15) is 9.90 Å². The van der Waals surface area contributed by atoms with E-state index in [1.807, 2.05) is 42.5 Å². The highest BCUT2D eigenvalue weighted by Gasteiger charge is 2.40. The average molecular weight is 365 g/mol. The standard InChI is InChI=1S/C18H15N5O2S/c19-21-17-16(20-18(25)26-17)23-14(12-8-4-5-9-15(12)24)10-13(22-23)11-6-2-1-3-7-11/h1-9,14,17,19,24H,10H2/t14-,17-/m1/s1. The number of amidine groups is 1.